The maximum atomic E-state index is 6.15. The summed E-state index contributed by atoms with van der Waals surface area (Å²) in [6, 6.07) is 33.2. The Morgan fingerprint density at radius 3 is 1.92 bits per heavy atom. The molecular weight excluding hydrogens is 318 g/mol. The monoisotopic (exact) mass is 335 g/mol. The average Bonchev–Trinajstić information content (AvgIpc) is 3.06. The van der Waals surface area contributed by atoms with Crippen molar-refractivity contribution >= 4 is 33.3 Å². The Morgan fingerprint density at radius 1 is 0.500 bits per heavy atom. The summed E-state index contributed by atoms with van der Waals surface area (Å²) in [6.07, 6.45) is 0. The van der Waals surface area contributed by atoms with E-state index in [0.717, 1.165) is 33.3 Å². The molecule has 0 saturated carbocycles. The predicted octanol–water partition coefficient (Wildman–Crippen LogP) is 7.00. The first-order valence-electron chi connectivity index (χ1n) is 8.71. The van der Waals surface area contributed by atoms with Crippen LogP contribution >= 0.6 is 0 Å². The van der Waals surface area contributed by atoms with E-state index in [4.69, 9.17) is 4.42 Å². The fraction of sp³-hybridized carbons (Fsp3) is 0. The van der Waals surface area contributed by atoms with Crippen LogP contribution in [0.1, 0.15) is 0 Å². The number of hydrogen-bond acceptors (Lipinski definition) is 2. The molecular formula is C24H17NO. The molecule has 0 aliphatic rings. The van der Waals surface area contributed by atoms with E-state index < -0.39 is 0 Å². The van der Waals surface area contributed by atoms with E-state index in [-0.39, 0.29) is 0 Å². The summed E-state index contributed by atoms with van der Waals surface area (Å²) in [4.78, 5) is 0. The molecule has 5 rings (SSSR count). The number of anilines is 2. The number of nitrogens with one attached hydrogen (secondary N) is 1. The molecule has 0 radical (unpaired) electrons. The highest BCUT2D eigenvalue weighted by molar-refractivity contribution is 6.06. The Labute approximate surface area is 151 Å². The minimum atomic E-state index is 0.895. The van der Waals surface area contributed by atoms with Crippen LogP contribution in [0, 0.1) is 0 Å². The van der Waals surface area contributed by atoms with Gasteiger partial charge in [0.15, 0.2) is 0 Å². The van der Waals surface area contributed by atoms with Gasteiger partial charge in [-0.05, 0) is 47.5 Å². The van der Waals surface area contributed by atoms with Gasteiger partial charge in [0.25, 0.3) is 0 Å². The Kier molecular flexibility index (Phi) is 3.46. The predicted molar refractivity (Wildman–Crippen MR) is 109 cm³/mol. The van der Waals surface area contributed by atoms with Crippen LogP contribution in [0.2, 0.25) is 0 Å². The van der Waals surface area contributed by atoms with Crippen molar-refractivity contribution in [2.24, 2.45) is 0 Å². The van der Waals surface area contributed by atoms with Crippen LogP contribution < -0.4 is 5.32 Å². The van der Waals surface area contributed by atoms with Gasteiger partial charge in [0, 0.05) is 28.2 Å². The molecule has 0 aliphatic carbocycles. The van der Waals surface area contributed by atoms with Crippen LogP contribution in [0.3, 0.4) is 0 Å². The summed E-state index contributed by atoms with van der Waals surface area (Å²) in [5.74, 6) is 0. The quantitative estimate of drug-likeness (QED) is 0.384. The van der Waals surface area contributed by atoms with Crippen molar-refractivity contribution in [1.29, 1.82) is 0 Å². The lowest BCUT2D eigenvalue weighted by atomic mass is 10.0. The highest BCUT2D eigenvalue weighted by atomic mass is 16.3. The van der Waals surface area contributed by atoms with Crippen molar-refractivity contribution in [2.45, 2.75) is 0 Å². The normalized spacial score (nSPS) is 11.1. The lowest BCUT2D eigenvalue weighted by Gasteiger charge is -2.05. The molecule has 0 saturated heterocycles. The molecule has 4 aromatic carbocycles. The largest absolute Gasteiger partial charge is 0.456 e. The summed E-state index contributed by atoms with van der Waals surface area (Å²) < 4.78 is 6.15. The lowest BCUT2D eigenvalue weighted by molar-refractivity contribution is 0.669. The van der Waals surface area contributed by atoms with E-state index in [1.54, 1.807) is 0 Å². The van der Waals surface area contributed by atoms with Crippen molar-refractivity contribution in [1.82, 2.24) is 0 Å². The fourth-order valence-corrected chi connectivity index (χ4v) is 3.35. The van der Waals surface area contributed by atoms with E-state index in [1.807, 2.05) is 24.3 Å². The molecule has 0 amide bonds. The molecule has 124 valence electrons. The van der Waals surface area contributed by atoms with Crippen molar-refractivity contribution in [3.05, 3.63) is 97.1 Å². The van der Waals surface area contributed by atoms with Gasteiger partial charge in [-0.2, -0.15) is 0 Å². The first-order chi connectivity index (χ1) is 12.9. The average molecular weight is 335 g/mol. The minimum absolute atomic E-state index is 0.895. The summed E-state index contributed by atoms with van der Waals surface area (Å²) in [5, 5.41) is 5.70. The van der Waals surface area contributed by atoms with Gasteiger partial charge in [0.2, 0.25) is 0 Å². The fourth-order valence-electron chi connectivity index (χ4n) is 3.35. The van der Waals surface area contributed by atoms with Crippen molar-refractivity contribution in [3.8, 4) is 11.1 Å². The van der Waals surface area contributed by atoms with Crippen LogP contribution in [0.5, 0.6) is 0 Å². The summed E-state index contributed by atoms with van der Waals surface area (Å²) in [7, 11) is 0. The van der Waals surface area contributed by atoms with E-state index in [2.05, 4.69) is 78.1 Å². The van der Waals surface area contributed by atoms with Crippen LogP contribution in [-0.4, -0.2) is 0 Å². The molecule has 2 heteroatoms. The second kappa shape index (κ2) is 6.08. The van der Waals surface area contributed by atoms with Crippen LogP contribution in [0.15, 0.2) is 101 Å². The molecule has 1 N–H and O–H groups in total. The highest BCUT2D eigenvalue weighted by Gasteiger charge is 2.09. The van der Waals surface area contributed by atoms with E-state index >= 15 is 0 Å². The van der Waals surface area contributed by atoms with Crippen molar-refractivity contribution < 1.29 is 4.42 Å². The Hall–Kier alpha value is -3.52. The Balaban J connectivity index is 1.57. The van der Waals surface area contributed by atoms with Gasteiger partial charge < -0.3 is 9.73 Å². The zero-order chi connectivity index (χ0) is 17.3. The summed E-state index contributed by atoms with van der Waals surface area (Å²) >= 11 is 0. The molecule has 5 aromatic rings. The smallest absolute Gasteiger partial charge is 0.137 e. The van der Waals surface area contributed by atoms with Gasteiger partial charge in [0.05, 0.1) is 0 Å². The number of fused-ring (bicyclic) bond motifs is 3. The van der Waals surface area contributed by atoms with Crippen LogP contribution in [0.25, 0.3) is 33.1 Å². The van der Waals surface area contributed by atoms with E-state index in [0.29, 0.717) is 0 Å². The van der Waals surface area contributed by atoms with Gasteiger partial charge in [0.1, 0.15) is 11.2 Å². The third-order valence-corrected chi connectivity index (χ3v) is 4.64. The second-order valence-electron chi connectivity index (χ2n) is 6.38. The topological polar surface area (TPSA) is 25.2 Å². The molecule has 2 nitrogen and oxygen atoms in total. The second-order valence-corrected chi connectivity index (χ2v) is 6.38. The van der Waals surface area contributed by atoms with Crippen molar-refractivity contribution in [3.63, 3.8) is 0 Å². The standard InChI is InChI=1S/C24H17NO/c1-3-7-17(8-4-1)18-11-13-21-22-14-12-20(16-24(22)26-23(21)15-18)25-19-9-5-2-6-10-19/h1-16,25H. The van der Waals surface area contributed by atoms with Crippen LogP contribution in [0.4, 0.5) is 11.4 Å². The Bertz CT molecular complexity index is 1190. The minimum Gasteiger partial charge on any atom is -0.456 e. The first-order valence-corrected chi connectivity index (χ1v) is 8.71. The molecule has 26 heavy (non-hydrogen) atoms. The molecule has 0 spiro atoms. The first kappa shape index (κ1) is 14.8. The van der Waals surface area contributed by atoms with Gasteiger partial charge >= 0.3 is 0 Å². The lowest BCUT2D eigenvalue weighted by Crippen LogP contribution is -1.88. The number of hydrogen-bond donors (Lipinski definition) is 1. The zero-order valence-electron chi connectivity index (χ0n) is 14.1. The third kappa shape index (κ3) is 2.62. The molecule has 0 fully saturated rings. The van der Waals surface area contributed by atoms with E-state index in [1.165, 1.54) is 11.1 Å². The zero-order valence-corrected chi connectivity index (χ0v) is 14.1. The summed E-state index contributed by atoms with van der Waals surface area (Å²) in [5.41, 5.74) is 6.26. The van der Waals surface area contributed by atoms with Gasteiger partial charge in [-0.3, -0.25) is 0 Å². The van der Waals surface area contributed by atoms with Gasteiger partial charge in [-0.15, -0.1) is 0 Å². The highest BCUT2D eigenvalue weighted by Crippen LogP contribution is 2.34. The molecule has 1 aromatic heterocycles. The van der Waals surface area contributed by atoms with Gasteiger partial charge in [-0.25, -0.2) is 0 Å². The number of furan rings is 1. The van der Waals surface area contributed by atoms with E-state index in [9.17, 15) is 0 Å². The number of benzene rings is 4. The maximum absolute atomic E-state index is 6.15. The molecule has 0 unspecified atom stereocenters. The SMILES string of the molecule is c1ccc(Nc2ccc3c(c2)oc2cc(-c4ccccc4)ccc23)cc1. The number of rotatable bonds is 3. The molecule has 1 heterocycles. The molecule has 0 bridgehead atoms. The molecule has 0 atom stereocenters. The number of para-hydroxylation sites is 1. The molecule has 0 aliphatic heterocycles. The Morgan fingerprint density at radius 2 is 1.15 bits per heavy atom. The maximum Gasteiger partial charge on any atom is 0.137 e. The summed E-state index contributed by atoms with van der Waals surface area (Å²) in [6.45, 7) is 0. The van der Waals surface area contributed by atoms with Gasteiger partial charge in [-0.1, -0.05) is 54.6 Å². The van der Waals surface area contributed by atoms with Crippen LogP contribution in [-0.2, 0) is 0 Å². The van der Waals surface area contributed by atoms with Crippen molar-refractivity contribution in [2.75, 3.05) is 5.32 Å². The third-order valence-electron chi connectivity index (χ3n) is 4.64.